The van der Waals surface area contributed by atoms with Gasteiger partial charge in [-0.25, -0.2) is 4.98 Å². The monoisotopic (exact) mass is 966 g/mol. The zero-order chi connectivity index (χ0) is 52.0. The molecule has 0 bridgehead atoms. The summed E-state index contributed by atoms with van der Waals surface area (Å²) in [6, 6.07) is 36.2. The molecule has 0 radical (unpaired) electrons. The van der Waals surface area contributed by atoms with Gasteiger partial charge in [0.15, 0.2) is 0 Å². The zero-order valence-corrected chi connectivity index (χ0v) is 35.9. The molecule has 0 unspecified atom stereocenters. The predicted molar refractivity (Wildman–Crippen MR) is 243 cm³/mol. The first kappa shape index (κ1) is 28.0. The summed E-state index contributed by atoms with van der Waals surface area (Å²) in [6.07, 6.45) is 1.41. The first-order chi connectivity index (χ1) is 33.0. The van der Waals surface area contributed by atoms with Crippen molar-refractivity contribution >= 4 is 11.0 Å². The maximum absolute atomic E-state index is 11.3. The van der Waals surface area contributed by atoms with Crippen LogP contribution in [0.4, 0.5) is 0 Å². The number of imidazole rings is 1. The van der Waals surface area contributed by atoms with Gasteiger partial charge in [0.1, 0.15) is 11.6 Å². The van der Waals surface area contributed by atoms with Crippen LogP contribution in [-0.4, -0.2) is 19.6 Å². The number of fused-ring (bicyclic) bond motifs is 1. The van der Waals surface area contributed by atoms with Crippen LogP contribution in [0.1, 0.15) is 96.6 Å². The molecule has 0 aliphatic carbocycles. The summed E-state index contributed by atoms with van der Waals surface area (Å²) in [5, 5.41) is 11.3. The number of aromatic hydroxyl groups is 1. The van der Waals surface area contributed by atoms with E-state index in [0.717, 1.165) is 39.0 Å². The Balaban J connectivity index is 0.00000760. The van der Waals surface area contributed by atoms with E-state index in [4.69, 9.17) is 22.8 Å². The Morgan fingerprint density at radius 2 is 1.31 bits per heavy atom. The molecule has 0 saturated carbocycles. The summed E-state index contributed by atoms with van der Waals surface area (Å²) in [7, 11) is 0. The number of nitrogens with zero attached hydrogens (tertiary/aromatic N) is 3. The van der Waals surface area contributed by atoms with Crippen LogP contribution in [0.3, 0.4) is 0 Å². The van der Waals surface area contributed by atoms with E-state index in [-0.39, 0.29) is 43.4 Å². The Bertz CT molecular complexity index is 3300. The number of phenolic OH excluding ortho intramolecular Hbond substituents is 1. The van der Waals surface area contributed by atoms with Crippen molar-refractivity contribution in [3.63, 3.8) is 0 Å². The molecule has 0 amide bonds. The summed E-state index contributed by atoms with van der Waals surface area (Å²) in [6.45, 7) is 1.29. The Morgan fingerprint density at radius 3 is 2.00 bits per heavy atom. The molecule has 300 valence electrons. The molecule has 2 aromatic heterocycles. The average Bonchev–Trinajstić information content (AvgIpc) is 3.68. The van der Waals surface area contributed by atoms with Crippen LogP contribution in [0.2, 0.25) is 0 Å². The molecule has 1 N–H and O–H groups in total. The molecule has 0 saturated heterocycles. The minimum atomic E-state index is -3.80. The fourth-order valence-corrected chi connectivity index (χ4v) is 7.25. The van der Waals surface area contributed by atoms with Crippen LogP contribution in [0.25, 0.3) is 72.7 Å². The van der Waals surface area contributed by atoms with Gasteiger partial charge in [-0.1, -0.05) is 164 Å². The van der Waals surface area contributed by atoms with Crippen molar-refractivity contribution in [3.8, 4) is 67.5 Å². The van der Waals surface area contributed by atoms with Gasteiger partial charge in [-0.2, -0.15) is 0 Å². The van der Waals surface area contributed by atoms with E-state index in [9.17, 15) is 5.11 Å². The second kappa shape index (κ2) is 15.9. The van der Waals surface area contributed by atoms with Gasteiger partial charge in [-0.3, -0.25) is 9.55 Å². The first-order valence-electron chi connectivity index (χ1n) is 25.6. The molecule has 2 heterocycles. The number of phenols is 1. The number of aromatic nitrogens is 3. The number of benzene rings is 6. The fourth-order valence-electron chi connectivity index (χ4n) is 7.25. The van der Waals surface area contributed by atoms with Gasteiger partial charge in [0.2, 0.25) is 0 Å². The van der Waals surface area contributed by atoms with Crippen molar-refractivity contribution < 1.29 is 44.0 Å². The van der Waals surface area contributed by atoms with E-state index < -0.39 is 61.1 Å². The van der Waals surface area contributed by atoms with Gasteiger partial charge < -0.3 is 5.11 Å². The minimum absolute atomic E-state index is 0. The summed E-state index contributed by atoms with van der Waals surface area (Å²) in [5.41, 5.74) is 3.27. The molecule has 8 rings (SSSR count). The molecule has 0 aliphatic rings. The third-order valence-electron chi connectivity index (χ3n) is 10.3. The summed E-state index contributed by atoms with van der Waals surface area (Å²) < 4.78 is 112. The van der Waals surface area contributed by atoms with Crippen LogP contribution in [0.5, 0.6) is 5.75 Å². The molecule has 59 heavy (non-hydrogen) atoms. The van der Waals surface area contributed by atoms with E-state index in [1.54, 1.807) is 12.1 Å². The normalized spacial score (nSPS) is 15.9. The summed E-state index contributed by atoms with van der Waals surface area (Å²) in [4.78, 5) is 9.97. The molecule has 8 aromatic rings. The maximum Gasteiger partial charge on any atom is 0.148 e. The van der Waals surface area contributed by atoms with E-state index in [1.807, 2.05) is 60.7 Å². The van der Waals surface area contributed by atoms with Gasteiger partial charge in [0.05, 0.1) is 22.1 Å². The molecule has 0 atom stereocenters. The molecule has 0 spiro atoms. The van der Waals surface area contributed by atoms with Crippen LogP contribution in [-0.2, 0) is 37.3 Å². The third kappa shape index (κ3) is 8.34. The van der Waals surface area contributed by atoms with Gasteiger partial charge >= 0.3 is 0 Å². The molecule has 0 aliphatic heterocycles. The average molecular weight is 967 g/mol. The van der Waals surface area contributed by atoms with Crippen molar-refractivity contribution in [2.24, 2.45) is 0 Å². The third-order valence-corrected chi connectivity index (χ3v) is 10.3. The molecule has 6 aromatic carbocycles. The Morgan fingerprint density at radius 1 is 0.610 bits per heavy atom. The van der Waals surface area contributed by atoms with E-state index in [1.165, 1.54) is 18.3 Å². The Labute approximate surface area is 382 Å². The zero-order valence-electron chi connectivity index (χ0n) is 46.7. The summed E-state index contributed by atoms with van der Waals surface area (Å²) in [5.74, 6) is 0.568. The molecule has 5 heteroatoms. The van der Waals surface area contributed by atoms with Crippen molar-refractivity contribution in [2.75, 3.05) is 0 Å². The number of para-hydroxylation sites is 2. The van der Waals surface area contributed by atoms with Crippen LogP contribution in [0.15, 0.2) is 146 Å². The standard InChI is InChI=1S/C54H52N3O.Pt/c1-52(2,3)40-24-22-35(23-25-40)37-28-29-55-47(33-37)39-30-38(31-41(32-39)53(4,5)6)44-19-15-20-48-50(44)56-51(45-18-13-14-21-49(45)58)57(48)42-26-27-43(36-16-11-10-12-17-36)46(34-42)54(7,8)9;/h10-29,31-34,58H,1-9H3;/q-1;/i1D3,2D3,3D3,22D,23D,24D,25D;. The largest absolute Gasteiger partial charge is 0.507 e. The number of pyridine rings is 1. The maximum atomic E-state index is 11.3. The molecular formula is C54H52N3OPt-. The fraction of sp³-hybridized carbons (Fsp3) is 0.222. The number of hydrogen-bond acceptors (Lipinski definition) is 3. The summed E-state index contributed by atoms with van der Waals surface area (Å²) >= 11 is 0. The van der Waals surface area contributed by atoms with Gasteiger partial charge in [0.25, 0.3) is 0 Å². The van der Waals surface area contributed by atoms with Crippen molar-refractivity contribution in [3.05, 3.63) is 168 Å². The van der Waals surface area contributed by atoms with Gasteiger partial charge in [0, 0.05) is 51.0 Å². The number of rotatable bonds is 6. The van der Waals surface area contributed by atoms with Gasteiger partial charge in [-0.15, -0.1) is 29.3 Å². The smallest absolute Gasteiger partial charge is 0.148 e. The Hall–Kier alpha value is -5.57. The van der Waals surface area contributed by atoms with Crippen LogP contribution >= 0.6 is 0 Å². The second-order valence-corrected chi connectivity index (χ2v) is 16.7. The van der Waals surface area contributed by atoms with Gasteiger partial charge in [-0.05, 0) is 86.0 Å². The first-order valence-corrected chi connectivity index (χ1v) is 19.1. The van der Waals surface area contributed by atoms with Crippen LogP contribution < -0.4 is 0 Å². The minimum Gasteiger partial charge on any atom is -0.507 e. The van der Waals surface area contributed by atoms with Crippen molar-refractivity contribution in [1.29, 1.82) is 0 Å². The van der Waals surface area contributed by atoms with Crippen molar-refractivity contribution in [1.82, 2.24) is 14.5 Å². The topological polar surface area (TPSA) is 50.9 Å². The van der Waals surface area contributed by atoms with Crippen molar-refractivity contribution in [2.45, 2.75) is 78.3 Å². The predicted octanol–water partition coefficient (Wildman–Crippen LogP) is 14.2. The van der Waals surface area contributed by atoms with Crippen LogP contribution in [0, 0.1) is 6.07 Å². The molecule has 4 nitrogen and oxygen atoms in total. The van der Waals surface area contributed by atoms with E-state index in [2.05, 4.69) is 87.5 Å². The van der Waals surface area contributed by atoms with E-state index >= 15 is 0 Å². The molecular weight excluding hydrogens is 902 g/mol. The second-order valence-electron chi connectivity index (χ2n) is 16.7. The van der Waals surface area contributed by atoms with E-state index in [0.29, 0.717) is 33.7 Å². The number of hydrogen-bond donors (Lipinski definition) is 1. The Kier molecular flexibility index (Phi) is 7.54. The quantitative estimate of drug-likeness (QED) is 0.169. The molecule has 0 fully saturated rings. The SMILES string of the molecule is [2H]c1c([2H])c(C(C([2H])([2H])[2H])(C([2H])([2H])[2H])C([2H])([2H])[2H])c([2H])c([2H])c1-c1ccnc(-c2[c-]c(-c3cccc4c3nc(-c3ccccc3O)n4-c3ccc(-c4ccccc4)c(C(C)(C)C)c3)cc(C(C)(C)C)c2)c1.[Pt].